The number of carbonyl (C=O) groups excluding carboxylic acids is 2. The molecule has 1 atom stereocenters. The molecule has 1 saturated carbocycles. The molecule has 0 aliphatic heterocycles. The summed E-state index contributed by atoms with van der Waals surface area (Å²) in [6.45, 7) is 14.6. The van der Waals surface area contributed by atoms with Gasteiger partial charge in [-0.05, 0) is 61.7 Å². The van der Waals surface area contributed by atoms with Gasteiger partial charge < -0.3 is 9.47 Å². The van der Waals surface area contributed by atoms with Crippen LogP contribution in [0.2, 0.25) is 0 Å². The van der Waals surface area contributed by atoms with Crippen LogP contribution in [0, 0.1) is 23.2 Å². The van der Waals surface area contributed by atoms with Gasteiger partial charge in [0.2, 0.25) is 0 Å². The van der Waals surface area contributed by atoms with Gasteiger partial charge in [-0.25, -0.2) is 9.59 Å². The van der Waals surface area contributed by atoms with Crippen LogP contribution in [-0.4, -0.2) is 25.2 Å². The maximum Gasteiger partial charge on any atom is 0.330 e. The Kier molecular flexibility index (Phi) is 12.7. The third-order valence-electron chi connectivity index (χ3n) is 7.36. The van der Waals surface area contributed by atoms with Crippen LogP contribution in [0.4, 0.5) is 0 Å². The van der Waals surface area contributed by atoms with Gasteiger partial charge in [-0.2, -0.15) is 0 Å². The highest BCUT2D eigenvalue weighted by atomic mass is 16.5. The highest BCUT2D eigenvalue weighted by molar-refractivity contribution is 5.81. The summed E-state index contributed by atoms with van der Waals surface area (Å²) in [6, 6.07) is 0. The lowest BCUT2D eigenvalue weighted by molar-refractivity contribution is -0.139. The van der Waals surface area contributed by atoms with Crippen molar-refractivity contribution in [2.45, 2.75) is 91.4 Å². The molecule has 1 aliphatic rings. The van der Waals surface area contributed by atoms with Crippen LogP contribution in [-0.2, 0) is 19.1 Å². The molecule has 0 amide bonds. The Hall–Kier alpha value is -1.58. The zero-order chi connectivity index (χ0) is 22.4. The Labute approximate surface area is 184 Å². The summed E-state index contributed by atoms with van der Waals surface area (Å²) in [5, 5.41) is 0. The van der Waals surface area contributed by atoms with Crippen molar-refractivity contribution in [2.24, 2.45) is 23.2 Å². The fraction of sp³-hybridized carbons (Fsp3) is 0.769. The van der Waals surface area contributed by atoms with E-state index < -0.39 is 0 Å². The summed E-state index contributed by atoms with van der Waals surface area (Å²) in [6.07, 6.45) is 15.4. The third-order valence-corrected chi connectivity index (χ3v) is 7.36. The second kappa shape index (κ2) is 14.4. The number of hydrogen-bond donors (Lipinski definition) is 0. The molecule has 0 N–H and O–H groups in total. The van der Waals surface area contributed by atoms with E-state index in [9.17, 15) is 9.59 Å². The zero-order valence-corrected chi connectivity index (χ0v) is 19.6. The fourth-order valence-corrected chi connectivity index (χ4v) is 4.98. The highest BCUT2D eigenvalue weighted by Gasteiger charge is 2.31. The summed E-state index contributed by atoms with van der Waals surface area (Å²) in [5.41, 5.74) is 0.0105. The van der Waals surface area contributed by atoms with E-state index in [2.05, 4.69) is 33.9 Å². The number of carbonyl (C=O) groups is 2. The van der Waals surface area contributed by atoms with Gasteiger partial charge >= 0.3 is 11.9 Å². The molecule has 1 unspecified atom stereocenters. The van der Waals surface area contributed by atoms with Crippen LogP contribution in [0.25, 0.3) is 0 Å². The molecular weight excluding hydrogens is 376 g/mol. The van der Waals surface area contributed by atoms with Gasteiger partial charge in [0.15, 0.2) is 0 Å². The van der Waals surface area contributed by atoms with E-state index in [4.69, 9.17) is 9.47 Å². The van der Waals surface area contributed by atoms with E-state index in [0.29, 0.717) is 19.1 Å². The molecule has 0 aromatic carbocycles. The third kappa shape index (κ3) is 9.49. The van der Waals surface area contributed by atoms with Crippen LogP contribution in [0.15, 0.2) is 25.3 Å². The maximum atomic E-state index is 11.5. The Morgan fingerprint density at radius 2 is 1.50 bits per heavy atom. The van der Waals surface area contributed by atoms with Crippen molar-refractivity contribution >= 4 is 11.9 Å². The zero-order valence-electron chi connectivity index (χ0n) is 19.6. The average Bonchev–Trinajstić information content (AvgIpc) is 2.77. The van der Waals surface area contributed by atoms with Gasteiger partial charge in [0.05, 0.1) is 13.2 Å². The Morgan fingerprint density at radius 1 is 0.967 bits per heavy atom. The molecule has 0 bridgehead atoms. The summed E-state index contributed by atoms with van der Waals surface area (Å²) in [7, 11) is 0. The first-order chi connectivity index (χ1) is 14.4. The molecule has 172 valence electrons. The van der Waals surface area contributed by atoms with Gasteiger partial charge in [0.25, 0.3) is 0 Å². The molecule has 4 nitrogen and oxygen atoms in total. The molecule has 30 heavy (non-hydrogen) atoms. The fourth-order valence-electron chi connectivity index (χ4n) is 4.98. The summed E-state index contributed by atoms with van der Waals surface area (Å²) in [4.78, 5) is 22.9. The van der Waals surface area contributed by atoms with Crippen molar-refractivity contribution in [3.8, 4) is 0 Å². The molecule has 0 aromatic heterocycles. The lowest BCUT2D eigenvalue weighted by Crippen LogP contribution is -2.27. The lowest BCUT2D eigenvalue weighted by Gasteiger charge is -2.37. The van der Waals surface area contributed by atoms with Crippen LogP contribution in [0.1, 0.15) is 91.4 Å². The predicted molar refractivity (Wildman–Crippen MR) is 123 cm³/mol. The molecule has 0 spiro atoms. The first kappa shape index (κ1) is 26.5. The predicted octanol–water partition coefficient (Wildman–Crippen LogP) is 6.64. The standard InChI is InChI=1S/C26H44O4/c1-6-10-22-11-13-23(14-12-22)21(5)15-16-26(9-4,17-19-29-24(27)7-2)18-20-30-25(28)8-3/h7-8,21-23H,2-3,6,9-20H2,1,4-5H3. The molecular formula is C26H44O4. The van der Waals surface area contributed by atoms with Crippen molar-refractivity contribution in [2.75, 3.05) is 13.2 Å². The van der Waals surface area contributed by atoms with Gasteiger partial charge in [-0.3, -0.25) is 0 Å². The first-order valence-electron chi connectivity index (χ1n) is 12.0. The minimum absolute atomic E-state index is 0.0105. The van der Waals surface area contributed by atoms with E-state index in [-0.39, 0.29) is 17.4 Å². The van der Waals surface area contributed by atoms with Crippen LogP contribution >= 0.6 is 0 Å². The summed E-state index contributed by atoms with van der Waals surface area (Å²) >= 11 is 0. The number of hydrogen-bond acceptors (Lipinski definition) is 4. The largest absolute Gasteiger partial charge is 0.463 e. The van der Waals surface area contributed by atoms with E-state index in [1.54, 1.807) is 0 Å². The van der Waals surface area contributed by atoms with Crippen LogP contribution in [0.5, 0.6) is 0 Å². The van der Waals surface area contributed by atoms with Crippen molar-refractivity contribution in [1.29, 1.82) is 0 Å². The molecule has 1 fully saturated rings. The normalized spacial score (nSPS) is 20.2. The number of rotatable bonds is 15. The topological polar surface area (TPSA) is 52.6 Å². The van der Waals surface area contributed by atoms with E-state index >= 15 is 0 Å². The van der Waals surface area contributed by atoms with E-state index in [0.717, 1.165) is 37.5 Å². The van der Waals surface area contributed by atoms with Crippen molar-refractivity contribution in [1.82, 2.24) is 0 Å². The van der Waals surface area contributed by atoms with Crippen LogP contribution in [0.3, 0.4) is 0 Å². The van der Waals surface area contributed by atoms with Gasteiger partial charge in [0.1, 0.15) is 0 Å². The lowest BCUT2D eigenvalue weighted by atomic mass is 9.70. The van der Waals surface area contributed by atoms with Crippen molar-refractivity contribution < 1.29 is 19.1 Å². The molecule has 0 saturated heterocycles. The summed E-state index contributed by atoms with van der Waals surface area (Å²) in [5.74, 6) is 1.70. The van der Waals surface area contributed by atoms with Crippen molar-refractivity contribution in [3.05, 3.63) is 25.3 Å². The van der Waals surface area contributed by atoms with Gasteiger partial charge in [-0.1, -0.05) is 66.0 Å². The molecule has 0 aromatic rings. The van der Waals surface area contributed by atoms with Gasteiger partial charge in [-0.15, -0.1) is 0 Å². The summed E-state index contributed by atoms with van der Waals surface area (Å²) < 4.78 is 10.5. The SMILES string of the molecule is C=CC(=O)OCCC(CC)(CCOC(=O)C=C)CCC(C)C1CCC(CCC)CC1. The second-order valence-electron chi connectivity index (χ2n) is 9.18. The molecule has 1 rings (SSSR count). The minimum Gasteiger partial charge on any atom is -0.463 e. The Morgan fingerprint density at radius 3 is 1.93 bits per heavy atom. The quantitative estimate of drug-likeness (QED) is 0.220. The minimum atomic E-state index is -0.379. The molecule has 0 radical (unpaired) electrons. The first-order valence-corrected chi connectivity index (χ1v) is 12.0. The Balaban J connectivity index is 2.63. The number of esters is 2. The second-order valence-corrected chi connectivity index (χ2v) is 9.18. The van der Waals surface area contributed by atoms with Crippen LogP contribution < -0.4 is 0 Å². The van der Waals surface area contributed by atoms with E-state index in [1.165, 1.54) is 57.1 Å². The average molecular weight is 421 g/mol. The molecule has 4 heteroatoms. The van der Waals surface area contributed by atoms with E-state index in [1.807, 2.05) is 0 Å². The Bertz CT molecular complexity index is 505. The molecule has 1 aliphatic carbocycles. The smallest absolute Gasteiger partial charge is 0.330 e. The van der Waals surface area contributed by atoms with Gasteiger partial charge in [0, 0.05) is 12.2 Å². The monoisotopic (exact) mass is 420 g/mol. The van der Waals surface area contributed by atoms with Crippen molar-refractivity contribution in [3.63, 3.8) is 0 Å². The molecule has 0 heterocycles. The highest BCUT2D eigenvalue weighted by Crippen LogP contribution is 2.41. The number of ether oxygens (including phenoxy) is 2. The maximum absolute atomic E-state index is 11.5.